The number of aryl methyl sites for hydroxylation is 2. The van der Waals surface area contributed by atoms with Crippen LogP contribution in [0.25, 0.3) is 21.8 Å². The lowest BCUT2D eigenvalue weighted by atomic mass is 10.1. The number of aromatic nitrogens is 2. The summed E-state index contributed by atoms with van der Waals surface area (Å²) in [5.74, 6) is 0. The Labute approximate surface area is 268 Å². The molecule has 13 heteroatoms. The third kappa shape index (κ3) is 7.05. The van der Waals surface area contributed by atoms with Gasteiger partial charge in [-0.3, -0.25) is 9.97 Å². The van der Waals surface area contributed by atoms with Crippen molar-refractivity contribution in [3.63, 3.8) is 0 Å². The zero-order chi connectivity index (χ0) is 30.0. The van der Waals surface area contributed by atoms with E-state index in [9.17, 15) is 8.42 Å². The number of pyridine rings is 2. The molecule has 3 heterocycles. The van der Waals surface area contributed by atoms with E-state index < -0.39 is 10.0 Å². The van der Waals surface area contributed by atoms with Gasteiger partial charge in [-0.25, -0.2) is 8.42 Å². The van der Waals surface area contributed by atoms with Crippen molar-refractivity contribution in [2.45, 2.75) is 25.2 Å². The van der Waals surface area contributed by atoms with E-state index in [0.717, 1.165) is 55.9 Å². The van der Waals surface area contributed by atoms with Crippen LogP contribution in [0.15, 0.2) is 59.5 Å². The lowest BCUT2D eigenvalue weighted by Crippen LogP contribution is -2.36. The number of nitrogens with zero attached hydrogens (tertiary/aromatic N) is 3. The summed E-state index contributed by atoms with van der Waals surface area (Å²) in [5, 5.41) is 9.79. The number of fused-ring (bicyclic) bond motifs is 2. The molecular formula is C29H27Cl4N5O2S2. The molecule has 0 radical (unpaired) electrons. The molecule has 220 valence electrons. The maximum Gasteiger partial charge on any atom is 0.245 e. The van der Waals surface area contributed by atoms with Gasteiger partial charge in [-0.1, -0.05) is 46.4 Å². The van der Waals surface area contributed by atoms with Crippen molar-refractivity contribution in [1.82, 2.24) is 14.3 Å². The molecule has 7 nitrogen and oxygen atoms in total. The standard InChI is InChI=1S/C29H27Cl4N5O2S2/c1-17-12-25(21-14-19(30)4-6-23(21)36-17)34-8-3-10-38(42(39,40)27-16-28(32)41-29(27)33)11-9-35-26-13-18(2)37-24-7-5-20(31)15-22(24)26/h4-7,12-16H,3,8-11H2,1-2H3,(H,34,36)(H,35,37). The minimum absolute atomic E-state index is 0.00880. The molecule has 3 aromatic heterocycles. The number of halogens is 4. The van der Waals surface area contributed by atoms with E-state index in [4.69, 9.17) is 46.4 Å². The van der Waals surface area contributed by atoms with Crippen molar-refractivity contribution >= 4 is 101 Å². The first-order chi connectivity index (χ1) is 20.0. The van der Waals surface area contributed by atoms with Crippen LogP contribution in [-0.4, -0.2) is 48.9 Å². The molecule has 5 rings (SSSR count). The predicted molar refractivity (Wildman–Crippen MR) is 178 cm³/mol. The molecule has 0 unspecified atom stereocenters. The van der Waals surface area contributed by atoms with Gasteiger partial charge < -0.3 is 10.6 Å². The normalized spacial score (nSPS) is 12.0. The monoisotopic (exact) mass is 681 g/mol. The fourth-order valence-electron chi connectivity index (χ4n) is 4.74. The van der Waals surface area contributed by atoms with Crippen LogP contribution in [-0.2, 0) is 10.0 Å². The summed E-state index contributed by atoms with van der Waals surface area (Å²) < 4.78 is 29.3. The maximum atomic E-state index is 13.7. The van der Waals surface area contributed by atoms with Crippen molar-refractivity contribution in [3.05, 3.63) is 84.7 Å². The van der Waals surface area contributed by atoms with Crippen LogP contribution < -0.4 is 10.6 Å². The topological polar surface area (TPSA) is 87.2 Å². The lowest BCUT2D eigenvalue weighted by molar-refractivity contribution is 0.419. The zero-order valence-electron chi connectivity index (χ0n) is 22.7. The minimum atomic E-state index is -3.92. The van der Waals surface area contributed by atoms with Crippen LogP contribution in [0.2, 0.25) is 18.7 Å². The molecule has 0 fully saturated rings. The molecule has 2 aromatic carbocycles. The number of thiophene rings is 1. The Kier molecular flexibility index (Phi) is 9.69. The van der Waals surface area contributed by atoms with Crippen molar-refractivity contribution < 1.29 is 8.42 Å². The minimum Gasteiger partial charge on any atom is -0.384 e. The van der Waals surface area contributed by atoms with Crippen molar-refractivity contribution in [2.75, 3.05) is 36.8 Å². The summed E-state index contributed by atoms with van der Waals surface area (Å²) in [4.78, 5) is 9.15. The Balaban J connectivity index is 1.33. The van der Waals surface area contributed by atoms with E-state index in [-0.39, 0.29) is 22.3 Å². The molecule has 0 saturated heterocycles. The van der Waals surface area contributed by atoms with Gasteiger partial charge in [0.15, 0.2) is 0 Å². The van der Waals surface area contributed by atoms with Crippen molar-refractivity contribution in [3.8, 4) is 0 Å². The van der Waals surface area contributed by atoms with Gasteiger partial charge in [0.05, 0.1) is 15.4 Å². The highest BCUT2D eigenvalue weighted by Crippen LogP contribution is 2.36. The van der Waals surface area contributed by atoms with Crippen LogP contribution in [0.4, 0.5) is 11.4 Å². The second-order valence-corrected chi connectivity index (χ2v) is 14.8. The van der Waals surface area contributed by atoms with Gasteiger partial charge in [-0.05, 0) is 74.9 Å². The van der Waals surface area contributed by atoms with Crippen LogP contribution in [0, 0.1) is 13.8 Å². The molecule has 42 heavy (non-hydrogen) atoms. The fraction of sp³-hybridized carbons (Fsp3) is 0.241. The first-order valence-corrected chi connectivity index (χ1v) is 16.8. The Bertz CT molecular complexity index is 1880. The van der Waals surface area contributed by atoms with Gasteiger partial charge in [0.1, 0.15) is 9.23 Å². The molecule has 0 aliphatic rings. The van der Waals surface area contributed by atoms with E-state index in [0.29, 0.717) is 33.9 Å². The highest BCUT2D eigenvalue weighted by Gasteiger charge is 2.28. The summed E-state index contributed by atoms with van der Waals surface area (Å²) >= 11 is 25.9. The summed E-state index contributed by atoms with van der Waals surface area (Å²) in [6.45, 7) is 5.16. The van der Waals surface area contributed by atoms with E-state index in [1.54, 1.807) is 6.07 Å². The number of benzene rings is 2. The highest BCUT2D eigenvalue weighted by atomic mass is 35.5. The quantitative estimate of drug-likeness (QED) is 0.136. The number of rotatable bonds is 11. The van der Waals surface area contributed by atoms with Gasteiger partial charge in [-0.15, -0.1) is 11.3 Å². The largest absolute Gasteiger partial charge is 0.384 e. The molecule has 0 spiro atoms. The second kappa shape index (κ2) is 13.1. The summed E-state index contributed by atoms with van der Waals surface area (Å²) in [6.07, 6.45) is 0.533. The third-order valence-electron chi connectivity index (χ3n) is 6.62. The molecule has 0 bridgehead atoms. The number of anilines is 2. The molecule has 2 N–H and O–H groups in total. The van der Waals surface area contributed by atoms with Crippen molar-refractivity contribution in [2.24, 2.45) is 0 Å². The van der Waals surface area contributed by atoms with Gasteiger partial charge in [0, 0.05) is 69.8 Å². The highest BCUT2D eigenvalue weighted by molar-refractivity contribution is 7.89. The Hall–Kier alpha value is -2.37. The molecule has 0 amide bonds. The number of hydrogen-bond donors (Lipinski definition) is 2. The van der Waals surface area contributed by atoms with Crippen molar-refractivity contribution in [1.29, 1.82) is 0 Å². The van der Waals surface area contributed by atoms with E-state index in [1.165, 1.54) is 10.4 Å². The molecule has 0 atom stereocenters. The Morgan fingerprint density at radius 2 is 1.31 bits per heavy atom. The fourth-order valence-corrected chi connectivity index (χ4v) is 8.68. The Morgan fingerprint density at radius 3 is 1.83 bits per heavy atom. The average molecular weight is 684 g/mol. The summed E-state index contributed by atoms with van der Waals surface area (Å²) in [6, 6.07) is 16.3. The number of nitrogens with one attached hydrogen (secondary N) is 2. The van der Waals surface area contributed by atoms with Crippen LogP contribution >= 0.6 is 57.7 Å². The van der Waals surface area contributed by atoms with E-state index >= 15 is 0 Å². The molecule has 5 aromatic rings. The van der Waals surface area contributed by atoms with E-state index in [2.05, 4.69) is 20.6 Å². The summed E-state index contributed by atoms with van der Waals surface area (Å²) in [7, 11) is -3.92. The molecule has 0 aliphatic heterocycles. The average Bonchev–Trinajstić information content (AvgIpc) is 3.28. The number of sulfonamides is 1. The molecule has 0 aliphatic carbocycles. The first-order valence-electron chi connectivity index (χ1n) is 13.1. The smallest absolute Gasteiger partial charge is 0.245 e. The second-order valence-electron chi connectivity index (χ2n) is 9.74. The lowest BCUT2D eigenvalue weighted by Gasteiger charge is -2.23. The van der Waals surface area contributed by atoms with Crippen LogP contribution in [0.3, 0.4) is 0 Å². The maximum absolute atomic E-state index is 13.7. The van der Waals surface area contributed by atoms with Crippen LogP contribution in [0.1, 0.15) is 17.8 Å². The molecular weight excluding hydrogens is 656 g/mol. The number of hydrogen-bond acceptors (Lipinski definition) is 7. The molecule has 0 saturated carbocycles. The van der Waals surface area contributed by atoms with Gasteiger partial charge in [0.2, 0.25) is 10.0 Å². The SMILES string of the molecule is Cc1cc(NCCCN(CCNc2cc(C)nc3ccc(Cl)cc23)S(=O)(=O)c2cc(Cl)sc2Cl)c2cc(Cl)ccc2n1. The first kappa shape index (κ1) is 31.1. The van der Waals surface area contributed by atoms with Gasteiger partial charge in [-0.2, -0.15) is 4.31 Å². The predicted octanol–water partition coefficient (Wildman–Crippen LogP) is 8.68. The zero-order valence-corrected chi connectivity index (χ0v) is 27.4. The van der Waals surface area contributed by atoms with Crippen LogP contribution in [0.5, 0.6) is 0 Å². The summed E-state index contributed by atoms with van der Waals surface area (Å²) in [5.41, 5.74) is 5.06. The third-order valence-corrected chi connectivity index (χ3v) is 10.7. The Morgan fingerprint density at radius 1 is 0.762 bits per heavy atom. The van der Waals surface area contributed by atoms with Gasteiger partial charge >= 0.3 is 0 Å². The van der Waals surface area contributed by atoms with Gasteiger partial charge in [0.25, 0.3) is 0 Å². The van der Waals surface area contributed by atoms with E-state index in [1.807, 2.05) is 56.3 Å².